The molecule has 16 aliphatic carbocycles. The smallest absolute Gasteiger partial charge is 0.268 e. The van der Waals surface area contributed by atoms with Gasteiger partial charge in [0.15, 0.2) is 23.1 Å². The van der Waals surface area contributed by atoms with Crippen LogP contribution in [0.4, 0.5) is 0 Å². The Hall–Kier alpha value is -1.30. The third kappa shape index (κ3) is 12.2. The molecular formula is C92H146N2O11S. The number of aliphatic hydroxyl groups is 2. The molecule has 2 N–H and O–H groups in total. The van der Waals surface area contributed by atoms with Crippen molar-refractivity contribution < 1.29 is 52.8 Å². The van der Waals surface area contributed by atoms with Gasteiger partial charge in [0.05, 0.1) is 65.1 Å². The standard InChI is InChI=1S/C26H38N2O3S.2C22H36O3.C22H36O2/c1-17-3-4-19-20-5-7-25(2)23(6-8-26(25)30-11-12-31-26)22(20)14-18(21(19)13-17)15-29-24(32)28-10-9-27-16-28;1-14-12-17-15(16-4-7-20(2,23)13-18(14)16)5-8-21(3)19(17)6-9-22(21)24-10-11-25-22;1-14-3-4-16-17-5-7-21(2)20(6-8-22(21)24-9-10-25-22)19(17)12-15(13-23)18(16)11-14;1-14-4-5-16-17-6-8-21(3)20(7-9-22(21)23-10-11-24-22)19(17)13-15(2)18(16)12-14/h9-10,16-23H,3-8,11-15H2,1-2H3;14-19,23H,4-13H2,1-3H3;14-20,23H,3-13H2,1-2H3;14-20H,4-13H2,1-3H3/t17-,18-,19+,20+,21+,22+,23-,25-;14-,15-,16-,17-,18-,19+,20?,21+;14-,15-,16+,17+,18+,19+,20-,21-;14-,15+,16+,17+,18+,19+,20-,21-/m0100/s1. The molecule has 4 saturated heterocycles. The second kappa shape index (κ2) is 28.9. The Morgan fingerprint density at radius 3 is 1.10 bits per heavy atom. The maximum atomic E-state index is 10.6. The number of aliphatic hydroxyl groups excluding tert-OH is 1. The van der Waals surface area contributed by atoms with E-state index >= 15 is 0 Å². The first kappa shape index (κ1) is 76.0. The van der Waals surface area contributed by atoms with E-state index in [9.17, 15) is 10.2 Å². The molecule has 0 bridgehead atoms. The van der Waals surface area contributed by atoms with Crippen LogP contribution in [0.2, 0.25) is 0 Å². The van der Waals surface area contributed by atoms with E-state index in [1.165, 1.54) is 167 Å². The third-order valence-electron chi connectivity index (χ3n) is 38.7. The van der Waals surface area contributed by atoms with Gasteiger partial charge in [-0.2, -0.15) is 0 Å². The van der Waals surface area contributed by atoms with Gasteiger partial charge in [-0.05, 0) is 339 Å². The fourth-order valence-electron chi connectivity index (χ4n) is 33.9. The average molecular weight is 1490 g/mol. The molecule has 4 aliphatic heterocycles. The van der Waals surface area contributed by atoms with Crippen LogP contribution < -0.4 is 0 Å². The fourth-order valence-corrected chi connectivity index (χ4v) is 34.0. The summed E-state index contributed by atoms with van der Waals surface area (Å²) in [5, 5.41) is 21.3. The number of imidazole rings is 1. The monoisotopic (exact) mass is 1490 g/mol. The SMILES string of the molecule is C[C@@H]1C[C@@H]2[C@H](CC[C@@]3(C)[C@H]2CCC32OCCO2)[C@H]2CCC(C)(O)C[C@@H]21.C[C@H]1CC[C@@H]2[C@H]3CC[C@@]4(C)[C@@H](CCC45OCCO5)[C@@H]3C[C@@H](C)[C@H]2C1.C[C@H]1CC[C@@H]2[C@H]3CC[C@@]4(C)[C@@H](CCC45OCCO5)[C@@H]3C[C@@H](CO)[C@H]2C1.C[C@H]1CC[C@@H]2[C@H]3CC[C@@]4(C)[C@@H](CCC45OCCO5)[C@@H]3C[C@@H](COC(=S)n3ccnc3)[C@H]2C1. The van der Waals surface area contributed by atoms with Gasteiger partial charge in [-0.1, -0.05) is 81.6 Å². The molecule has 5 heterocycles. The molecule has 13 nitrogen and oxygen atoms in total. The van der Waals surface area contributed by atoms with Gasteiger partial charge in [-0.25, -0.2) is 4.98 Å². The highest BCUT2D eigenvalue weighted by molar-refractivity contribution is 7.80. The highest BCUT2D eigenvalue weighted by Gasteiger charge is 2.72. The van der Waals surface area contributed by atoms with Crippen molar-refractivity contribution in [1.29, 1.82) is 0 Å². The summed E-state index contributed by atoms with van der Waals surface area (Å²) in [5.74, 6) is 21.4. The summed E-state index contributed by atoms with van der Waals surface area (Å²) < 4.78 is 58.3. The van der Waals surface area contributed by atoms with Crippen LogP contribution in [-0.2, 0) is 42.6 Å². The van der Waals surface area contributed by atoms with Crippen molar-refractivity contribution in [1.82, 2.24) is 9.55 Å². The van der Waals surface area contributed by atoms with E-state index < -0.39 is 5.60 Å². The molecule has 596 valence electrons. The van der Waals surface area contributed by atoms with Gasteiger partial charge in [0.2, 0.25) is 0 Å². The van der Waals surface area contributed by atoms with Crippen molar-refractivity contribution in [3.8, 4) is 0 Å². The van der Waals surface area contributed by atoms with Gasteiger partial charge < -0.3 is 52.8 Å². The lowest BCUT2D eigenvalue weighted by Crippen LogP contribution is -2.56. The van der Waals surface area contributed by atoms with Crippen molar-refractivity contribution in [2.75, 3.05) is 66.1 Å². The molecule has 20 aliphatic rings. The third-order valence-corrected chi connectivity index (χ3v) is 39.1. The van der Waals surface area contributed by atoms with E-state index in [1.54, 1.807) is 12.5 Å². The lowest BCUT2D eigenvalue weighted by atomic mass is 9.47. The van der Waals surface area contributed by atoms with Crippen LogP contribution >= 0.6 is 12.2 Å². The van der Waals surface area contributed by atoms with E-state index in [4.69, 9.17) is 54.8 Å². The van der Waals surface area contributed by atoms with Crippen LogP contribution in [0.25, 0.3) is 0 Å². The lowest BCUT2D eigenvalue weighted by Gasteiger charge is -2.59. The molecule has 1 aromatic heterocycles. The maximum absolute atomic E-state index is 10.6. The van der Waals surface area contributed by atoms with Gasteiger partial charge in [0, 0.05) is 66.3 Å². The number of rotatable bonds is 3. The summed E-state index contributed by atoms with van der Waals surface area (Å²) in [6.07, 6.45) is 47.1. The van der Waals surface area contributed by atoms with E-state index in [0.717, 1.165) is 240 Å². The van der Waals surface area contributed by atoms with E-state index in [0.29, 0.717) is 29.5 Å². The first-order valence-corrected chi connectivity index (χ1v) is 46.0. The zero-order valence-electron chi connectivity index (χ0n) is 67.9. The number of hydrogen-bond donors (Lipinski definition) is 2. The zero-order chi connectivity index (χ0) is 73.1. The average Bonchev–Trinajstić information content (AvgIpc) is 1.53. The molecular weight excluding hydrogens is 1340 g/mol. The molecule has 16 saturated carbocycles. The molecule has 21 rings (SSSR count). The number of nitrogens with zero attached hydrogens (tertiary/aromatic N) is 2. The lowest BCUT2D eigenvalue weighted by molar-refractivity contribution is -0.245. The first-order valence-electron chi connectivity index (χ1n) is 45.6. The minimum absolute atomic E-state index is 0.164. The Kier molecular flexibility index (Phi) is 20.7. The van der Waals surface area contributed by atoms with Crippen LogP contribution in [0.1, 0.15) is 275 Å². The van der Waals surface area contributed by atoms with Crippen molar-refractivity contribution in [3.05, 3.63) is 18.7 Å². The summed E-state index contributed by atoms with van der Waals surface area (Å²) in [6, 6.07) is 0. The predicted octanol–water partition coefficient (Wildman–Crippen LogP) is 19.2. The molecule has 0 amide bonds. The fraction of sp³-hybridized carbons (Fsp3) is 0.957. The molecule has 32 atom stereocenters. The van der Waals surface area contributed by atoms with Gasteiger partial charge in [-0.15, -0.1) is 0 Å². The summed E-state index contributed by atoms with van der Waals surface area (Å²) in [4.78, 5) is 4.12. The summed E-state index contributed by atoms with van der Waals surface area (Å²) >= 11 is 5.56. The topological polar surface area (TPSA) is 141 Å². The second-order valence-electron chi connectivity index (χ2n) is 43.0. The number of fused-ring (bicyclic) bond motifs is 24. The van der Waals surface area contributed by atoms with Crippen molar-refractivity contribution >= 4 is 17.4 Å². The van der Waals surface area contributed by atoms with Crippen LogP contribution in [-0.4, -0.2) is 120 Å². The molecule has 14 heteroatoms. The van der Waals surface area contributed by atoms with Gasteiger partial charge in [-0.3, -0.25) is 4.57 Å². The van der Waals surface area contributed by atoms with Crippen LogP contribution in [0.15, 0.2) is 18.7 Å². The first-order chi connectivity index (χ1) is 51.0. The molecule has 0 aromatic carbocycles. The van der Waals surface area contributed by atoms with E-state index in [-0.39, 0.29) is 44.8 Å². The Labute approximate surface area is 645 Å². The largest absolute Gasteiger partial charge is 0.470 e. The van der Waals surface area contributed by atoms with E-state index in [1.807, 2.05) is 10.8 Å². The quantitative estimate of drug-likeness (QED) is 0.278. The Morgan fingerprint density at radius 1 is 0.387 bits per heavy atom. The van der Waals surface area contributed by atoms with Crippen LogP contribution in [0.3, 0.4) is 0 Å². The minimum Gasteiger partial charge on any atom is -0.470 e. The minimum atomic E-state index is -0.422. The van der Waals surface area contributed by atoms with E-state index in [2.05, 4.69) is 74.2 Å². The number of ether oxygens (including phenoxy) is 9. The molecule has 0 radical (unpaired) electrons. The molecule has 1 unspecified atom stereocenters. The second-order valence-corrected chi connectivity index (χ2v) is 43.3. The Balaban J connectivity index is 0.000000101. The van der Waals surface area contributed by atoms with Gasteiger partial charge in [0.1, 0.15) is 6.33 Å². The Bertz CT molecular complexity index is 3210. The highest BCUT2D eigenvalue weighted by atomic mass is 32.1. The predicted molar refractivity (Wildman–Crippen MR) is 415 cm³/mol. The van der Waals surface area contributed by atoms with Crippen molar-refractivity contribution in [2.24, 2.45) is 181 Å². The van der Waals surface area contributed by atoms with Gasteiger partial charge in [0.25, 0.3) is 5.17 Å². The normalized spacial score (nSPS) is 52.4. The molecule has 4 spiro atoms. The van der Waals surface area contributed by atoms with Crippen LogP contribution in [0.5, 0.6) is 0 Å². The number of thiocarbonyl (C=S) groups is 1. The molecule has 1 aromatic rings. The van der Waals surface area contributed by atoms with Crippen molar-refractivity contribution in [2.45, 2.75) is 303 Å². The zero-order valence-corrected chi connectivity index (χ0v) is 68.7. The maximum Gasteiger partial charge on any atom is 0.268 e. The van der Waals surface area contributed by atoms with Crippen molar-refractivity contribution in [3.63, 3.8) is 0 Å². The van der Waals surface area contributed by atoms with Gasteiger partial charge >= 0.3 is 0 Å². The Morgan fingerprint density at radius 2 is 0.717 bits per heavy atom. The summed E-state index contributed by atoms with van der Waals surface area (Å²) in [7, 11) is 0. The molecule has 106 heavy (non-hydrogen) atoms. The number of aromatic nitrogens is 2. The number of hydrogen-bond acceptors (Lipinski definition) is 13. The van der Waals surface area contributed by atoms with Crippen LogP contribution in [0, 0.1) is 181 Å². The summed E-state index contributed by atoms with van der Waals surface area (Å²) in [6.45, 7) is 31.8. The molecule has 20 fully saturated rings. The highest BCUT2D eigenvalue weighted by Crippen LogP contribution is 2.73. The summed E-state index contributed by atoms with van der Waals surface area (Å²) in [5.41, 5.74) is 0.432.